The van der Waals surface area contributed by atoms with Gasteiger partial charge in [-0.2, -0.15) is 0 Å². The van der Waals surface area contributed by atoms with Gasteiger partial charge in [0.1, 0.15) is 12.6 Å². The van der Waals surface area contributed by atoms with E-state index in [4.69, 9.17) is 11.6 Å². The summed E-state index contributed by atoms with van der Waals surface area (Å²) in [6.07, 6.45) is 0. The Labute approximate surface area is 224 Å². The van der Waals surface area contributed by atoms with Gasteiger partial charge in [-0.05, 0) is 83.6 Å². The molecule has 0 spiro atoms. The molecule has 0 aromatic heterocycles. The van der Waals surface area contributed by atoms with Crippen LogP contribution < -0.4 is 9.62 Å². The average Bonchev–Trinajstić information content (AvgIpc) is 2.86. The van der Waals surface area contributed by atoms with Gasteiger partial charge < -0.3 is 10.2 Å². The van der Waals surface area contributed by atoms with Crippen LogP contribution in [0, 0.1) is 3.57 Å². The van der Waals surface area contributed by atoms with Crippen LogP contribution in [0.15, 0.2) is 83.8 Å². The molecule has 0 fully saturated rings. The van der Waals surface area contributed by atoms with Crippen molar-refractivity contribution in [1.82, 2.24) is 10.2 Å². The number of nitrogens with zero attached hydrogens (tertiary/aromatic N) is 2. The van der Waals surface area contributed by atoms with E-state index in [1.807, 2.05) is 0 Å². The Bertz CT molecular complexity index is 1290. The first-order chi connectivity index (χ1) is 16.6. The van der Waals surface area contributed by atoms with Crippen molar-refractivity contribution >= 4 is 61.7 Å². The van der Waals surface area contributed by atoms with Crippen LogP contribution in [0.4, 0.5) is 5.69 Å². The third-order valence-corrected chi connectivity index (χ3v) is 8.12. The summed E-state index contributed by atoms with van der Waals surface area (Å²) < 4.78 is 29.2. The Morgan fingerprint density at radius 1 is 1.00 bits per heavy atom. The number of likely N-dealkylation sites (N-methyl/N-ethyl adjacent to an activating group) is 1. The minimum Gasteiger partial charge on any atom is -0.357 e. The number of rotatable bonds is 9. The molecule has 1 atom stereocenters. The molecule has 7 nitrogen and oxygen atoms in total. The van der Waals surface area contributed by atoms with Crippen LogP contribution in [0.5, 0.6) is 0 Å². The monoisotopic (exact) mass is 625 g/mol. The van der Waals surface area contributed by atoms with Gasteiger partial charge in [-0.15, -0.1) is 0 Å². The van der Waals surface area contributed by atoms with E-state index in [1.54, 1.807) is 73.7 Å². The van der Waals surface area contributed by atoms with Gasteiger partial charge in [-0.1, -0.05) is 41.9 Å². The summed E-state index contributed by atoms with van der Waals surface area (Å²) in [5.41, 5.74) is 1.06. The molecule has 10 heteroatoms. The number of carbonyl (C=O) groups excluding carboxylic acids is 2. The molecule has 0 radical (unpaired) electrons. The van der Waals surface area contributed by atoms with Crippen LogP contribution in [0.3, 0.4) is 0 Å². The molecule has 0 aliphatic heterocycles. The highest BCUT2D eigenvalue weighted by Gasteiger charge is 2.32. The maximum atomic E-state index is 13.6. The topological polar surface area (TPSA) is 86.8 Å². The lowest BCUT2D eigenvalue weighted by atomic mass is 10.1. The van der Waals surface area contributed by atoms with Crippen molar-refractivity contribution < 1.29 is 18.0 Å². The fraction of sp³-hybridized carbons (Fsp3) is 0.200. The van der Waals surface area contributed by atoms with Crippen LogP contribution in [-0.2, 0) is 26.2 Å². The molecule has 2 amide bonds. The zero-order chi connectivity index (χ0) is 25.6. The van der Waals surface area contributed by atoms with Crippen molar-refractivity contribution in [1.29, 1.82) is 0 Å². The fourth-order valence-corrected chi connectivity index (χ4v) is 5.49. The number of hydrogen-bond acceptors (Lipinski definition) is 4. The highest BCUT2D eigenvalue weighted by Crippen LogP contribution is 2.25. The largest absolute Gasteiger partial charge is 0.357 e. The average molecular weight is 626 g/mol. The van der Waals surface area contributed by atoms with Crippen LogP contribution >= 0.6 is 34.2 Å². The molecular weight excluding hydrogens is 601 g/mol. The molecule has 0 saturated heterocycles. The maximum Gasteiger partial charge on any atom is 0.264 e. The number of benzene rings is 3. The Balaban J connectivity index is 2.01. The summed E-state index contributed by atoms with van der Waals surface area (Å²) in [6.45, 7) is 1.20. The third kappa shape index (κ3) is 6.74. The lowest BCUT2D eigenvalue weighted by Crippen LogP contribution is -2.50. The molecule has 0 aliphatic rings. The second-order valence-corrected chi connectivity index (χ2v) is 11.3. The predicted molar refractivity (Wildman–Crippen MR) is 146 cm³/mol. The van der Waals surface area contributed by atoms with E-state index in [2.05, 4.69) is 27.9 Å². The van der Waals surface area contributed by atoms with E-state index in [0.29, 0.717) is 16.3 Å². The van der Waals surface area contributed by atoms with Crippen molar-refractivity contribution in [3.63, 3.8) is 0 Å². The van der Waals surface area contributed by atoms with E-state index in [1.165, 1.54) is 24.1 Å². The third-order valence-electron chi connectivity index (χ3n) is 5.38. The number of anilines is 1. The van der Waals surface area contributed by atoms with E-state index in [0.717, 1.165) is 7.88 Å². The number of amides is 2. The first-order valence-electron chi connectivity index (χ1n) is 10.7. The number of nitrogens with one attached hydrogen (secondary N) is 1. The Morgan fingerprint density at radius 3 is 2.26 bits per heavy atom. The lowest BCUT2D eigenvalue weighted by molar-refractivity contribution is -0.139. The summed E-state index contributed by atoms with van der Waals surface area (Å²) in [5, 5.41) is 3.05. The van der Waals surface area contributed by atoms with Gasteiger partial charge in [-0.25, -0.2) is 8.42 Å². The lowest BCUT2D eigenvalue weighted by Gasteiger charge is -2.31. The van der Waals surface area contributed by atoms with Crippen molar-refractivity contribution in [3.05, 3.63) is 93.0 Å². The molecule has 1 N–H and O–H groups in total. The number of carbonyl (C=O) groups is 2. The molecule has 3 aromatic rings. The van der Waals surface area contributed by atoms with Crippen LogP contribution in [-0.4, -0.2) is 44.8 Å². The summed E-state index contributed by atoms with van der Waals surface area (Å²) in [5.74, 6) is -0.897. The zero-order valence-corrected chi connectivity index (χ0v) is 22.9. The highest BCUT2D eigenvalue weighted by molar-refractivity contribution is 14.1. The molecular formula is C25H25ClIN3O4S. The number of sulfonamides is 1. The first-order valence-corrected chi connectivity index (χ1v) is 13.6. The first kappa shape index (κ1) is 27.0. The summed E-state index contributed by atoms with van der Waals surface area (Å²) in [7, 11) is -2.58. The Kier molecular flexibility index (Phi) is 9.15. The summed E-state index contributed by atoms with van der Waals surface area (Å²) in [4.78, 5) is 27.5. The normalized spacial score (nSPS) is 12.0. The minimum absolute atomic E-state index is 0.0621. The van der Waals surface area contributed by atoms with Crippen molar-refractivity contribution in [2.75, 3.05) is 17.9 Å². The van der Waals surface area contributed by atoms with Gasteiger partial charge in [0.2, 0.25) is 11.8 Å². The Hall–Kier alpha value is -2.63. The Morgan fingerprint density at radius 2 is 1.66 bits per heavy atom. The zero-order valence-electron chi connectivity index (χ0n) is 19.2. The highest BCUT2D eigenvalue weighted by atomic mass is 127. The van der Waals surface area contributed by atoms with E-state index in [9.17, 15) is 18.0 Å². The van der Waals surface area contributed by atoms with Crippen LogP contribution in [0.25, 0.3) is 0 Å². The molecule has 0 saturated carbocycles. The standard InChI is InChI=1S/C25H25ClIN3O4S/c1-18(25(32)28-2)29(16-19-7-6-8-20(26)15-19)24(31)17-30(22-13-11-21(27)12-14-22)35(33,34)23-9-4-3-5-10-23/h3-15,18H,16-17H2,1-2H3,(H,28,32). The molecule has 0 bridgehead atoms. The van der Waals surface area contributed by atoms with Gasteiger partial charge in [0.15, 0.2) is 0 Å². The van der Waals surface area contributed by atoms with Gasteiger partial charge >= 0.3 is 0 Å². The molecule has 0 aliphatic carbocycles. The summed E-state index contributed by atoms with van der Waals surface area (Å²) in [6, 6.07) is 20.9. The second-order valence-electron chi connectivity index (χ2n) is 7.74. The maximum absolute atomic E-state index is 13.6. The second kappa shape index (κ2) is 11.9. The molecule has 35 heavy (non-hydrogen) atoms. The van der Waals surface area contributed by atoms with Crippen molar-refractivity contribution in [3.8, 4) is 0 Å². The van der Waals surface area contributed by atoms with E-state index in [-0.39, 0.29) is 17.3 Å². The molecule has 0 heterocycles. The van der Waals surface area contributed by atoms with Gasteiger partial charge in [0.25, 0.3) is 10.0 Å². The smallest absolute Gasteiger partial charge is 0.264 e. The number of hydrogen-bond donors (Lipinski definition) is 1. The minimum atomic E-state index is -4.06. The number of halogens is 2. The fourth-order valence-electron chi connectivity index (χ4n) is 3.48. The van der Waals surface area contributed by atoms with Crippen molar-refractivity contribution in [2.24, 2.45) is 0 Å². The van der Waals surface area contributed by atoms with Crippen molar-refractivity contribution in [2.45, 2.75) is 24.4 Å². The van der Waals surface area contributed by atoms with E-state index >= 15 is 0 Å². The molecule has 1 unspecified atom stereocenters. The molecule has 3 aromatic carbocycles. The van der Waals surface area contributed by atoms with Gasteiger partial charge in [-0.3, -0.25) is 13.9 Å². The molecule has 184 valence electrons. The van der Waals surface area contributed by atoms with E-state index < -0.39 is 28.5 Å². The predicted octanol–water partition coefficient (Wildman–Crippen LogP) is 4.30. The van der Waals surface area contributed by atoms with Crippen LogP contribution in [0.2, 0.25) is 5.02 Å². The SMILES string of the molecule is CNC(=O)C(C)N(Cc1cccc(Cl)c1)C(=O)CN(c1ccc(I)cc1)S(=O)(=O)c1ccccc1. The van der Waals surface area contributed by atoms with Gasteiger partial charge in [0, 0.05) is 22.2 Å². The summed E-state index contributed by atoms with van der Waals surface area (Å²) >= 11 is 8.24. The molecule has 3 rings (SSSR count). The van der Waals surface area contributed by atoms with Gasteiger partial charge in [0.05, 0.1) is 10.6 Å². The quantitative estimate of drug-likeness (QED) is 0.360. The van der Waals surface area contributed by atoms with Crippen LogP contribution in [0.1, 0.15) is 12.5 Å².